The van der Waals surface area contributed by atoms with Gasteiger partial charge in [0.2, 0.25) is 0 Å². The topological polar surface area (TPSA) is 54.5 Å². The molecule has 1 atom stereocenters. The molecule has 2 heterocycles. The van der Waals surface area contributed by atoms with Crippen LogP contribution < -0.4 is 10.1 Å². The lowest BCUT2D eigenvalue weighted by Gasteiger charge is -2.36. The zero-order valence-electron chi connectivity index (χ0n) is 18.8. The number of hydrogen-bond donors (Lipinski definition) is 1. The molecule has 0 saturated carbocycles. The first-order valence-corrected chi connectivity index (χ1v) is 11.3. The number of benzene rings is 2. The Labute approximate surface area is 190 Å². The van der Waals surface area contributed by atoms with Crippen LogP contribution in [0.15, 0.2) is 72.9 Å². The van der Waals surface area contributed by atoms with Crippen LogP contribution in [0.1, 0.15) is 46.1 Å². The standard InChI is InChI=1S/C27H31N3O2/c1-20-8-3-4-11-24(20)27(31)29-26(25-12-5-6-15-28-25)22-13-16-30(17-14-22)19-21-9-7-10-23(18-21)32-2/h3-12,15,18,22,26H,13-14,16-17,19H2,1-2H3,(H,29,31). The van der Waals surface area contributed by atoms with E-state index in [1.165, 1.54) is 5.56 Å². The van der Waals surface area contributed by atoms with Crippen molar-refractivity contribution in [2.45, 2.75) is 32.4 Å². The molecule has 1 saturated heterocycles. The molecule has 1 fully saturated rings. The molecular formula is C27H31N3O2. The summed E-state index contributed by atoms with van der Waals surface area (Å²) in [4.78, 5) is 20.2. The first-order valence-electron chi connectivity index (χ1n) is 11.3. The minimum atomic E-state index is -0.0951. The van der Waals surface area contributed by atoms with Gasteiger partial charge >= 0.3 is 0 Å². The number of hydrogen-bond acceptors (Lipinski definition) is 4. The number of amides is 1. The number of nitrogens with zero attached hydrogens (tertiary/aromatic N) is 2. The van der Waals surface area contributed by atoms with Crippen molar-refractivity contribution < 1.29 is 9.53 Å². The molecule has 1 N–H and O–H groups in total. The smallest absolute Gasteiger partial charge is 0.252 e. The van der Waals surface area contributed by atoms with Crippen molar-refractivity contribution in [2.24, 2.45) is 5.92 Å². The number of carbonyl (C=O) groups is 1. The third-order valence-electron chi connectivity index (χ3n) is 6.33. The van der Waals surface area contributed by atoms with Crippen molar-refractivity contribution in [1.82, 2.24) is 15.2 Å². The van der Waals surface area contributed by atoms with Gasteiger partial charge in [0.15, 0.2) is 0 Å². The van der Waals surface area contributed by atoms with Gasteiger partial charge in [-0.3, -0.25) is 14.7 Å². The highest BCUT2D eigenvalue weighted by molar-refractivity contribution is 5.95. The number of methoxy groups -OCH3 is 1. The average Bonchev–Trinajstić information content (AvgIpc) is 2.84. The van der Waals surface area contributed by atoms with Crippen LogP contribution in [-0.2, 0) is 6.54 Å². The normalized spacial score (nSPS) is 15.8. The van der Waals surface area contributed by atoms with Crippen LogP contribution in [0.4, 0.5) is 0 Å². The van der Waals surface area contributed by atoms with Crippen molar-refractivity contribution in [3.8, 4) is 5.75 Å². The van der Waals surface area contributed by atoms with Gasteiger partial charge in [0.25, 0.3) is 5.91 Å². The summed E-state index contributed by atoms with van der Waals surface area (Å²) in [5.74, 6) is 1.21. The van der Waals surface area contributed by atoms with E-state index in [0.29, 0.717) is 5.92 Å². The molecule has 2 aromatic carbocycles. The predicted octanol–water partition coefficient (Wildman–Crippen LogP) is 4.78. The monoisotopic (exact) mass is 429 g/mol. The van der Waals surface area contributed by atoms with Crippen LogP contribution in [0.5, 0.6) is 5.75 Å². The summed E-state index contributed by atoms with van der Waals surface area (Å²) < 4.78 is 5.36. The highest BCUT2D eigenvalue weighted by atomic mass is 16.5. The number of aryl methyl sites for hydroxylation is 1. The van der Waals surface area contributed by atoms with Crippen molar-refractivity contribution in [3.63, 3.8) is 0 Å². The Balaban J connectivity index is 1.44. The number of piperidine rings is 1. The highest BCUT2D eigenvalue weighted by Crippen LogP contribution is 2.31. The third kappa shape index (κ3) is 5.35. The first-order chi connectivity index (χ1) is 15.6. The van der Waals surface area contributed by atoms with Gasteiger partial charge in [-0.15, -0.1) is 0 Å². The zero-order valence-corrected chi connectivity index (χ0v) is 18.8. The highest BCUT2D eigenvalue weighted by Gasteiger charge is 2.30. The average molecular weight is 430 g/mol. The summed E-state index contributed by atoms with van der Waals surface area (Å²) in [6, 6.07) is 21.8. The van der Waals surface area contributed by atoms with Crippen LogP contribution in [0.2, 0.25) is 0 Å². The molecule has 3 aromatic rings. The molecule has 5 heteroatoms. The van der Waals surface area contributed by atoms with Gasteiger partial charge in [0.05, 0.1) is 18.8 Å². The van der Waals surface area contributed by atoms with Gasteiger partial charge < -0.3 is 10.1 Å². The van der Waals surface area contributed by atoms with Gasteiger partial charge in [-0.05, 0) is 80.2 Å². The molecule has 1 aliphatic rings. The second kappa shape index (κ2) is 10.4. The molecule has 4 rings (SSSR count). The maximum Gasteiger partial charge on any atom is 0.252 e. The van der Waals surface area contributed by atoms with E-state index in [-0.39, 0.29) is 11.9 Å². The zero-order chi connectivity index (χ0) is 22.3. The van der Waals surface area contributed by atoms with Gasteiger partial charge in [0.1, 0.15) is 5.75 Å². The van der Waals surface area contributed by atoms with Gasteiger partial charge in [0, 0.05) is 18.3 Å². The Morgan fingerprint density at radius 2 is 1.88 bits per heavy atom. The molecule has 0 aliphatic carbocycles. The molecule has 0 radical (unpaired) electrons. The van der Waals surface area contributed by atoms with Crippen molar-refractivity contribution in [2.75, 3.05) is 20.2 Å². The third-order valence-corrected chi connectivity index (χ3v) is 6.33. The minimum Gasteiger partial charge on any atom is -0.497 e. The lowest BCUT2D eigenvalue weighted by Crippen LogP contribution is -2.41. The lowest BCUT2D eigenvalue weighted by atomic mass is 9.86. The van der Waals surface area contributed by atoms with Crippen LogP contribution in [-0.4, -0.2) is 36.0 Å². The van der Waals surface area contributed by atoms with E-state index >= 15 is 0 Å². The number of likely N-dealkylation sites (tertiary alicyclic amines) is 1. The van der Waals surface area contributed by atoms with Gasteiger partial charge in [-0.1, -0.05) is 36.4 Å². The van der Waals surface area contributed by atoms with Crippen LogP contribution in [0.3, 0.4) is 0 Å². The van der Waals surface area contributed by atoms with Crippen molar-refractivity contribution in [1.29, 1.82) is 0 Å². The maximum absolute atomic E-state index is 13.1. The Bertz CT molecular complexity index is 1030. The molecule has 166 valence electrons. The van der Waals surface area contributed by atoms with E-state index in [4.69, 9.17) is 4.74 Å². The quantitative estimate of drug-likeness (QED) is 0.587. The molecule has 0 bridgehead atoms. The van der Waals surface area contributed by atoms with Crippen LogP contribution in [0, 0.1) is 12.8 Å². The molecule has 1 aromatic heterocycles. The molecule has 0 spiro atoms. The molecule has 1 aliphatic heterocycles. The number of nitrogens with one attached hydrogen (secondary N) is 1. The fourth-order valence-electron chi connectivity index (χ4n) is 4.51. The molecule has 32 heavy (non-hydrogen) atoms. The largest absolute Gasteiger partial charge is 0.497 e. The Morgan fingerprint density at radius 3 is 2.59 bits per heavy atom. The van der Waals surface area contributed by atoms with Crippen molar-refractivity contribution >= 4 is 5.91 Å². The van der Waals surface area contributed by atoms with E-state index < -0.39 is 0 Å². The summed E-state index contributed by atoms with van der Waals surface area (Å²) in [5.41, 5.74) is 3.90. The Hall–Kier alpha value is -3.18. The van der Waals surface area contributed by atoms with E-state index in [2.05, 4.69) is 27.3 Å². The summed E-state index contributed by atoms with van der Waals surface area (Å²) >= 11 is 0. The van der Waals surface area contributed by atoms with Crippen LogP contribution in [0.25, 0.3) is 0 Å². The van der Waals surface area contributed by atoms with E-state index in [1.807, 2.05) is 61.5 Å². The number of aromatic nitrogens is 1. The van der Waals surface area contributed by atoms with Crippen molar-refractivity contribution in [3.05, 3.63) is 95.3 Å². The molecular weight excluding hydrogens is 398 g/mol. The number of pyridine rings is 1. The summed E-state index contributed by atoms with van der Waals surface area (Å²) in [7, 11) is 1.70. The fourth-order valence-corrected chi connectivity index (χ4v) is 4.51. The number of rotatable bonds is 7. The Kier molecular flexibility index (Phi) is 7.17. The summed E-state index contributed by atoms with van der Waals surface area (Å²) in [6.07, 6.45) is 3.83. The van der Waals surface area contributed by atoms with Gasteiger partial charge in [-0.25, -0.2) is 0 Å². The second-order valence-electron chi connectivity index (χ2n) is 8.49. The number of ether oxygens (including phenoxy) is 1. The van der Waals surface area contributed by atoms with E-state index in [0.717, 1.165) is 55.0 Å². The predicted molar refractivity (Wildman–Crippen MR) is 127 cm³/mol. The fraction of sp³-hybridized carbons (Fsp3) is 0.333. The number of carbonyl (C=O) groups excluding carboxylic acids is 1. The first kappa shape index (κ1) is 22.0. The minimum absolute atomic E-state index is 0.0300. The van der Waals surface area contributed by atoms with Crippen LogP contribution >= 0.6 is 0 Å². The summed E-state index contributed by atoms with van der Waals surface area (Å²) in [5, 5.41) is 3.30. The molecule has 1 amide bonds. The molecule has 5 nitrogen and oxygen atoms in total. The van der Waals surface area contributed by atoms with E-state index in [9.17, 15) is 4.79 Å². The second-order valence-corrected chi connectivity index (χ2v) is 8.49. The lowest BCUT2D eigenvalue weighted by molar-refractivity contribution is 0.0887. The summed E-state index contributed by atoms with van der Waals surface area (Å²) in [6.45, 7) is 4.87. The van der Waals surface area contributed by atoms with E-state index in [1.54, 1.807) is 13.3 Å². The maximum atomic E-state index is 13.1. The SMILES string of the molecule is COc1cccc(CN2CCC(C(NC(=O)c3ccccc3C)c3ccccn3)CC2)c1. The van der Waals surface area contributed by atoms with Gasteiger partial charge in [-0.2, -0.15) is 0 Å². The molecule has 1 unspecified atom stereocenters. The Morgan fingerprint density at radius 1 is 1.09 bits per heavy atom.